The summed E-state index contributed by atoms with van der Waals surface area (Å²) in [6, 6.07) is 11.3. The van der Waals surface area contributed by atoms with Gasteiger partial charge in [0, 0.05) is 16.7 Å². The lowest BCUT2D eigenvalue weighted by molar-refractivity contribution is -0.384. The Bertz CT molecular complexity index is 1300. The molecule has 9 nitrogen and oxygen atoms in total. The summed E-state index contributed by atoms with van der Waals surface area (Å²) in [6.07, 6.45) is 2.73. The van der Waals surface area contributed by atoms with Gasteiger partial charge in [0.2, 0.25) is 0 Å². The average molecular weight is 412 g/mol. The number of hydrogen-bond acceptors (Lipinski definition) is 6. The number of benzene rings is 2. The van der Waals surface area contributed by atoms with Crippen molar-refractivity contribution in [3.8, 4) is 11.4 Å². The molecular formula is C19H14ClN5O4. The summed E-state index contributed by atoms with van der Waals surface area (Å²) in [7, 11) is 1.54. The fourth-order valence-electron chi connectivity index (χ4n) is 3.09. The van der Waals surface area contributed by atoms with E-state index in [1.165, 1.54) is 34.9 Å². The molecule has 0 aliphatic carbocycles. The van der Waals surface area contributed by atoms with Crippen LogP contribution in [0.2, 0.25) is 5.02 Å². The zero-order chi connectivity index (χ0) is 20.5. The Kier molecular flexibility index (Phi) is 4.73. The molecule has 0 unspecified atom stereocenters. The number of halogens is 1. The number of fused-ring (bicyclic) bond motifs is 1. The van der Waals surface area contributed by atoms with E-state index in [1.807, 2.05) is 0 Å². The van der Waals surface area contributed by atoms with Gasteiger partial charge in [0.1, 0.15) is 23.2 Å². The summed E-state index contributed by atoms with van der Waals surface area (Å²) in [5, 5.41) is 16.2. The molecule has 0 N–H and O–H groups in total. The van der Waals surface area contributed by atoms with E-state index in [2.05, 4.69) is 10.1 Å². The van der Waals surface area contributed by atoms with E-state index in [0.717, 1.165) is 0 Å². The number of aromatic nitrogens is 4. The van der Waals surface area contributed by atoms with Gasteiger partial charge in [-0.2, -0.15) is 5.10 Å². The standard InChI is InChI=1S/C19H14ClN5O4/c1-29-17-7-6-13(20)8-12(17)10-23-11-21-18-14(19(23)26)9-22-24(18)15-4-2-3-5-16(15)25(27)28/h2-9,11H,10H2,1H3. The largest absolute Gasteiger partial charge is 0.496 e. The van der Waals surface area contributed by atoms with Gasteiger partial charge < -0.3 is 4.74 Å². The Balaban J connectivity index is 1.81. The minimum Gasteiger partial charge on any atom is -0.496 e. The Morgan fingerprint density at radius 1 is 1.24 bits per heavy atom. The molecule has 0 atom stereocenters. The van der Waals surface area contributed by atoms with Crippen LogP contribution in [0.1, 0.15) is 5.56 Å². The lowest BCUT2D eigenvalue weighted by Crippen LogP contribution is -2.21. The van der Waals surface area contributed by atoms with E-state index >= 15 is 0 Å². The molecule has 0 fully saturated rings. The minimum absolute atomic E-state index is 0.132. The second-order valence-corrected chi connectivity index (χ2v) is 6.61. The second-order valence-electron chi connectivity index (χ2n) is 6.17. The highest BCUT2D eigenvalue weighted by Gasteiger charge is 2.19. The fraction of sp³-hybridized carbons (Fsp3) is 0.105. The van der Waals surface area contributed by atoms with E-state index in [-0.39, 0.29) is 34.5 Å². The first-order valence-electron chi connectivity index (χ1n) is 8.49. The van der Waals surface area contributed by atoms with Crippen molar-refractivity contribution in [2.24, 2.45) is 0 Å². The zero-order valence-corrected chi connectivity index (χ0v) is 15.9. The summed E-state index contributed by atoms with van der Waals surface area (Å²) in [4.78, 5) is 28.1. The average Bonchev–Trinajstić information content (AvgIpc) is 3.15. The predicted molar refractivity (Wildman–Crippen MR) is 107 cm³/mol. The highest BCUT2D eigenvalue weighted by Crippen LogP contribution is 2.25. The number of nitrogens with zero attached hydrogens (tertiary/aromatic N) is 5. The SMILES string of the molecule is COc1ccc(Cl)cc1Cn1cnc2c(cnn2-c2ccccc2[N+](=O)[O-])c1=O. The van der Waals surface area contributed by atoms with Crippen molar-refractivity contribution in [2.45, 2.75) is 6.54 Å². The molecule has 0 radical (unpaired) electrons. The quantitative estimate of drug-likeness (QED) is 0.369. The second kappa shape index (κ2) is 7.36. The zero-order valence-electron chi connectivity index (χ0n) is 15.2. The molecule has 0 saturated heterocycles. The molecule has 4 rings (SSSR count). The molecule has 29 heavy (non-hydrogen) atoms. The highest BCUT2D eigenvalue weighted by molar-refractivity contribution is 6.30. The molecule has 0 saturated carbocycles. The van der Waals surface area contributed by atoms with Gasteiger partial charge in [0.15, 0.2) is 5.65 Å². The summed E-state index contributed by atoms with van der Waals surface area (Å²) < 4.78 is 8.02. The van der Waals surface area contributed by atoms with Crippen LogP contribution in [0, 0.1) is 10.1 Å². The number of rotatable bonds is 5. The van der Waals surface area contributed by atoms with Crippen molar-refractivity contribution < 1.29 is 9.66 Å². The Labute approximate surface area is 168 Å². The minimum atomic E-state index is -0.504. The Morgan fingerprint density at radius 2 is 2.03 bits per heavy atom. The first-order chi connectivity index (χ1) is 14.0. The molecule has 0 bridgehead atoms. The highest BCUT2D eigenvalue weighted by atomic mass is 35.5. The Morgan fingerprint density at radius 3 is 2.79 bits per heavy atom. The summed E-state index contributed by atoms with van der Waals surface area (Å²) in [6.45, 7) is 0.197. The summed E-state index contributed by atoms with van der Waals surface area (Å²) in [5.41, 5.74) is 0.718. The van der Waals surface area contributed by atoms with Gasteiger partial charge in [0.25, 0.3) is 11.2 Å². The third-order valence-electron chi connectivity index (χ3n) is 4.44. The monoisotopic (exact) mass is 411 g/mol. The van der Waals surface area contributed by atoms with Crippen molar-refractivity contribution in [1.29, 1.82) is 0 Å². The molecule has 0 amide bonds. The molecule has 0 aliphatic rings. The van der Waals surface area contributed by atoms with E-state index in [0.29, 0.717) is 16.3 Å². The molecule has 146 valence electrons. The molecule has 2 aromatic heterocycles. The van der Waals surface area contributed by atoms with Crippen molar-refractivity contribution >= 4 is 28.3 Å². The summed E-state index contributed by atoms with van der Waals surface area (Å²) in [5.74, 6) is 0.594. The number of nitro benzene ring substituents is 1. The van der Waals surface area contributed by atoms with Crippen LogP contribution in [0.5, 0.6) is 5.75 Å². The molecule has 0 aliphatic heterocycles. The maximum absolute atomic E-state index is 12.9. The van der Waals surface area contributed by atoms with Crippen LogP contribution in [0.4, 0.5) is 5.69 Å². The lowest BCUT2D eigenvalue weighted by Gasteiger charge is -2.11. The number of methoxy groups -OCH3 is 1. The number of nitro groups is 1. The first kappa shape index (κ1) is 18.6. The van der Waals surface area contributed by atoms with Gasteiger partial charge in [-0.15, -0.1) is 0 Å². The normalized spacial score (nSPS) is 11.0. The third kappa shape index (κ3) is 3.32. The maximum atomic E-state index is 12.9. The van der Waals surface area contributed by atoms with Crippen LogP contribution in [0.3, 0.4) is 0 Å². The van der Waals surface area contributed by atoms with Crippen LogP contribution >= 0.6 is 11.6 Å². The van der Waals surface area contributed by atoms with Gasteiger partial charge in [-0.25, -0.2) is 9.67 Å². The van der Waals surface area contributed by atoms with Gasteiger partial charge in [-0.3, -0.25) is 19.5 Å². The van der Waals surface area contributed by atoms with Crippen LogP contribution in [-0.2, 0) is 6.54 Å². The fourth-order valence-corrected chi connectivity index (χ4v) is 3.28. The van der Waals surface area contributed by atoms with Gasteiger partial charge in [-0.05, 0) is 24.3 Å². The van der Waals surface area contributed by atoms with Crippen LogP contribution in [-0.4, -0.2) is 31.4 Å². The van der Waals surface area contributed by atoms with E-state index in [1.54, 1.807) is 36.4 Å². The lowest BCUT2D eigenvalue weighted by atomic mass is 10.2. The van der Waals surface area contributed by atoms with Gasteiger partial charge in [-0.1, -0.05) is 23.7 Å². The van der Waals surface area contributed by atoms with E-state index in [4.69, 9.17) is 16.3 Å². The van der Waals surface area contributed by atoms with Crippen molar-refractivity contribution in [2.75, 3.05) is 7.11 Å². The Hall–Kier alpha value is -3.72. The van der Waals surface area contributed by atoms with Crippen molar-refractivity contribution in [1.82, 2.24) is 19.3 Å². The molecule has 0 spiro atoms. The van der Waals surface area contributed by atoms with Gasteiger partial charge >= 0.3 is 0 Å². The molecule has 2 heterocycles. The van der Waals surface area contributed by atoms with Crippen molar-refractivity contribution in [3.05, 3.63) is 86.0 Å². The van der Waals surface area contributed by atoms with Crippen LogP contribution in [0.25, 0.3) is 16.7 Å². The van der Waals surface area contributed by atoms with Crippen molar-refractivity contribution in [3.63, 3.8) is 0 Å². The van der Waals surface area contributed by atoms with Crippen LogP contribution in [0.15, 0.2) is 59.8 Å². The maximum Gasteiger partial charge on any atom is 0.294 e. The van der Waals surface area contributed by atoms with E-state index in [9.17, 15) is 14.9 Å². The number of para-hydroxylation sites is 2. The van der Waals surface area contributed by atoms with E-state index < -0.39 is 4.92 Å². The molecule has 4 aromatic rings. The number of ether oxygens (including phenoxy) is 1. The first-order valence-corrected chi connectivity index (χ1v) is 8.87. The topological polar surface area (TPSA) is 105 Å². The molecule has 2 aromatic carbocycles. The molecular weight excluding hydrogens is 398 g/mol. The predicted octanol–water partition coefficient (Wildman–Crippen LogP) is 3.20. The molecule has 10 heteroatoms. The summed E-state index contributed by atoms with van der Waals surface area (Å²) >= 11 is 6.06. The smallest absolute Gasteiger partial charge is 0.294 e. The third-order valence-corrected chi connectivity index (χ3v) is 4.68. The number of hydrogen-bond donors (Lipinski definition) is 0. The van der Waals surface area contributed by atoms with Crippen LogP contribution < -0.4 is 10.3 Å². The van der Waals surface area contributed by atoms with Gasteiger partial charge in [0.05, 0.1) is 24.8 Å².